The molecule has 0 heterocycles. The van der Waals surface area contributed by atoms with Crippen LogP contribution in [0.4, 0.5) is 0 Å². The molecule has 0 spiro atoms. The van der Waals surface area contributed by atoms with Crippen molar-refractivity contribution in [2.45, 2.75) is 18.9 Å². The second kappa shape index (κ2) is 3.35. The quantitative estimate of drug-likeness (QED) is 0.724. The summed E-state index contributed by atoms with van der Waals surface area (Å²) in [4.78, 5) is 0. The van der Waals surface area contributed by atoms with E-state index in [-0.39, 0.29) is 0 Å². The molecule has 1 atom stereocenters. The van der Waals surface area contributed by atoms with Crippen LogP contribution in [0.3, 0.4) is 0 Å². The van der Waals surface area contributed by atoms with Crippen molar-refractivity contribution in [2.75, 3.05) is 7.05 Å². The first kappa shape index (κ1) is 8.52. The largest absolute Gasteiger partial charge is 0.313 e. The van der Waals surface area contributed by atoms with Crippen LogP contribution in [0.15, 0.2) is 24.8 Å². The summed E-state index contributed by atoms with van der Waals surface area (Å²) in [6, 6.07) is 7.17. The molecule has 0 saturated carbocycles. The number of benzene rings is 1. The SMILES string of the molecule is C=Cc1ccc2c(c1)[C@H](NC)CC2. The molecule has 0 aliphatic heterocycles. The highest BCUT2D eigenvalue weighted by Gasteiger charge is 2.20. The van der Waals surface area contributed by atoms with E-state index in [0.29, 0.717) is 6.04 Å². The molecular weight excluding hydrogens is 158 g/mol. The van der Waals surface area contributed by atoms with Gasteiger partial charge in [0.25, 0.3) is 0 Å². The molecule has 0 fully saturated rings. The van der Waals surface area contributed by atoms with Crippen molar-refractivity contribution in [3.05, 3.63) is 41.5 Å². The molecule has 1 aromatic carbocycles. The fraction of sp³-hybridized carbons (Fsp3) is 0.333. The number of aryl methyl sites for hydroxylation is 1. The first-order chi connectivity index (χ1) is 6.35. The summed E-state index contributed by atoms with van der Waals surface area (Å²) >= 11 is 0. The van der Waals surface area contributed by atoms with E-state index in [4.69, 9.17) is 0 Å². The second-order valence-corrected chi connectivity index (χ2v) is 3.54. The van der Waals surface area contributed by atoms with Gasteiger partial charge in [0.05, 0.1) is 0 Å². The van der Waals surface area contributed by atoms with E-state index in [0.717, 1.165) is 0 Å². The van der Waals surface area contributed by atoms with Crippen LogP contribution in [-0.2, 0) is 6.42 Å². The third-order valence-corrected chi connectivity index (χ3v) is 2.83. The number of hydrogen-bond donors (Lipinski definition) is 1. The Morgan fingerprint density at radius 1 is 1.54 bits per heavy atom. The Balaban J connectivity index is 2.42. The molecule has 0 amide bonds. The first-order valence-electron chi connectivity index (χ1n) is 4.77. The van der Waals surface area contributed by atoms with E-state index in [9.17, 15) is 0 Å². The predicted octanol–water partition coefficient (Wildman–Crippen LogP) is 2.54. The number of hydrogen-bond acceptors (Lipinski definition) is 1. The first-order valence-corrected chi connectivity index (χ1v) is 4.77. The third-order valence-electron chi connectivity index (χ3n) is 2.83. The zero-order chi connectivity index (χ0) is 9.26. The monoisotopic (exact) mass is 173 g/mol. The highest BCUT2D eigenvalue weighted by atomic mass is 14.9. The highest BCUT2D eigenvalue weighted by Crippen LogP contribution is 2.31. The minimum Gasteiger partial charge on any atom is -0.313 e. The van der Waals surface area contributed by atoms with Gasteiger partial charge in [0.1, 0.15) is 0 Å². The summed E-state index contributed by atoms with van der Waals surface area (Å²) in [5, 5.41) is 3.34. The zero-order valence-corrected chi connectivity index (χ0v) is 8.01. The molecule has 1 nitrogen and oxygen atoms in total. The summed E-state index contributed by atoms with van der Waals surface area (Å²) < 4.78 is 0. The fourth-order valence-corrected chi connectivity index (χ4v) is 2.05. The van der Waals surface area contributed by atoms with Crippen LogP contribution in [0.5, 0.6) is 0 Å². The molecule has 1 aliphatic rings. The van der Waals surface area contributed by atoms with Gasteiger partial charge in [-0.3, -0.25) is 0 Å². The summed E-state index contributed by atoms with van der Waals surface area (Å²) in [5.74, 6) is 0. The molecule has 1 aromatic rings. The highest BCUT2D eigenvalue weighted by molar-refractivity contribution is 5.51. The molecular formula is C12H15N. The zero-order valence-electron chi connectivity index (χ0n) is 8.01. The van der Waals surface area contributed by atoms with Gasteiger partial charge in [0.15, 0.2) is 0 Å². The van der Waals surface area contributed by atoms with Crippen LogP contribution < -0.4 is 5.32 Å². The Morgan fingerprint density at radius 3 is 3.08 bits per heavy atom. The van der Waals surface area contributed by atoms with Crippen LogP contribution in [0.2, 0.25) is 0 Å². The van der Waals surface area contributed by atoms with Crippen LogP contribution >= 0.6 is 0 Å². The maximum atomic E-state index is 3.79. The van der Waals surface area contributed by atoms with Crippen LogP contribution in [0, 0.1) is 0 Å². The molecule has 0 saturated heterocycles. The number of fused-ring (bicyclic) bond motifs is 1. The van der Waals surface area contributed by atoms with E-state index in [2.05, 4.69) is 30.1 Å². The lowest BCUT2D eigenvalue weighted by atomic mass is 10.0. The lowest BCUT2D eigenvalue weighted by Gasteiger charge is -2.10. The molecule has 2 rings (SSSR count). The molecule has 13 heavy (non-hydrogen) atoms. The standard InChI is InChI=1S/C12H15N/c1-3-9-4-5-10-6-7-12(13-2)11(10)8-9/h3-5,8,12-13H,1,6-7H2,2H3/t12-/m1/s1. The maximum Gasteiger partial charge on any atom is 0.0323 e. The summed E-state index contributed by atoms with van der Waals surface area (Å²) in [6.07, 6.45) is 4.34. The predicted molar refractivity (Wildman–Crippen MR) is 56.7 cm³/mol. The Hall–Kier alpha value is -1.08. The lowest BCUT2D eigenvalue weighted by Crippen LogP contribution is -2.12. The smallest absolute Gasteiger partial charge is 0.0323 e. The van der Waals surface area contributed by atoms with Crippen LogP contribution in [0.1, 0.15) is 29.2 Å². The fourth-order valence-electron chi connectivity index (χ4n) is 2.05. The summed E-state index contributed by atoms with van der Waals surface area (Å²) in [6.45, 7) is 3.79. The molecule has 0 radical (unpaired) electrons. The Labute approximate surface area is 79.5 Å². The molecule has 0 bridgehead atoms. The minimum atomic E-state index is 0.551. The Morgan fingerprint density at radius 2 is 2.38 bits per heavy atom. The van der Waals surface area contributed by atoms with Gasteiger partial charge in [-0.1, -0.05) is 24.8 Å². The maximum absolute atomic E-state index is 3.79. The molecule has 68 valence electrons. The van der Waals surface area contributed by atoms with Gasteiger partial charge >= 0.3 is 0 Å². The van der Waals surface area contributed by atoms with Gasteiger partial charge in [-0.15, -0.1) is 0 Å². The molecule has 1 N–H and O–H groups in total. The van der Waals surface area contributed by atoms with Gasteiger partial charge in [0, 0.05) is 6.04 Å². The summed E-state index contributed by atoms with van der Waals surface area (Å²) in [5.41, 5.74) is 4.17. The van der Waals surface area contributed by atoms with Crippen molar-refractivity contribution in [3.63, 3.8) is 0 Å². The van der Waals surface area contributed by atoms with E-state index < -0.39 is 0 Å². The Bertz CT molecular complexity index is 328. The van der Waals surface area contributed by atoms with Gasteiger partial charge in [-0.05, 0) is 42.6 Å². The van der Waals surface area contributed by atoms with Crippen molar-refractivity contribution >= 4 is 6.08 Å². The minimum absolute atomic E-state index is 0.551. The molecule has 1 aliphatic carbocycles. The normalized spacial score (nSPS) is 19.9. The third kappa shape index (κ3) is 1.40. The van der Waals surface area contributed by atoms with Crippen molar-refractivity contribution in [2.24, 2.45) is 0 Å². The van der Waals surface area contributed by atoms with Gasteiger partial charge < -0.3 is 5.32 Å². The van der Waals surface area contributed by atoms with E-state index in [1.807, 2.05) is 13.1 Å². The van der Waals surface area contributed by atoms with E-state index in [1.54, 1.807) is 0 Å². The van der Waals surface area contributed by atoms with Crippen LogP contribution in [-0.4, -0.2) is 7.05 Å². The number of rotatable bonds is 2. The van der Waals surface area contributed by atoms with Gasteiger partial charge in [-0.25, -0.2) is 0 Å². The van der Waals surface area contributed by atoms with E-state index >= 15 is 0 Å². The van der Waals surface area contributed by atoms with E-state index in [1.165, 1.54) is 29.5 Å². The van der Waals surface area contributed by atoms with Crippen molar-refractivity contribution in [3.8, 4) is 0 Å². The van der Waals surface area contributed by atoms with Gasteiger partial charge in [-0.2, -0.15) is 0 Å². The van der Waals surface area contributed by atoms with Crippen molar-refractivity contribution in [1.29, 1.82) is 0 Å². The van der Waals surface area contributed by atoms with Crippen LogP contribution in [0.25, 0.3) is 6.08 Å². The lowest BCUT2D eigenvalue weighted by molar-refractivity contribution is 0.590. The average Bonchev–Trinajstić information content (AvgIpc) is 2.59. The molecule has 0 aromatic heterocycles. The summed E-state index contributed by atoms with van der Waals surface area (Å²) in [7, 11) is 2.03. The van der Waals surface area contributed by atoms with Crippen molar-refractivity contribution < 1.29 is 0 Å². The Kier molecular flexibility index (Phi) is 2.19. The van der Waals surface area contributed by atoms with Gasteiger partial charge in [0.2, 0.25) is 0 Å². The topological polar surface area (TPSA) is 12.0 Å². The van der Waals surface area contributed by atoms with Crippen molar-refractivity contribution in [1.82, 2.24) is 5.32 Å². The number of nitrogens with one attached hydrogen (secondary N) is 1. The second-order valence-electron chi connectivity index (χ2n) is 3.54. The molecule has 1 heteroatoms. The average molecular weight is 173 g/mol. The molecule has 0 unspecified atom stereocenters.